The van der Waals surface area contributed by atoms with E-state index in [1.54, 1.807) is 37.5 Å². The molecule has 6 nitrogen and oxygen atoms in total. The van der Waals surface area contributed by atoms with Crippen molar-refractivity contribution in [3.8, 4) is 0 Å². The van der Waals surface area contributed by atoms with E-state index in [9.17, 15) is 4.79 Å². The van der Waals surface area contributed by atoms with Crippen LogP contribution in [-0.2, 0) is 6.54 Å². The van der Waals surface area contributed by atoms with Crippen LogP contribution in [0, 0.1) is 13.8 Å². The van der Waals surface area contributed by atoms with Crippen LogP contribution in [-0.4, -0.2) is 15.9 Å². The molecule has 0 spiro atoms. The van der Waals surface area contributed by atoms with E-state index >= 15 is 0 Å². The molecule has 2 aromatic heterocycles. The van der Waals surface area contributed by atoms with Gasteiger partial charge in [0.05, 0.1) is 12.8 Å². The molecule has 0 bridgehead atoms. The topological polar surface area (TPSA) is 80.0 Å². The fraction of sp³-hybridized carbons (Fsp3) is 0.167. The molecule has 0 aliphatic carbocycles. The summed E-state index contributed by atoms with van der Waals surface area (Å²) in [6.07, 6.45) is 1.60. The van der Waals surface area contributed by atoms with Crippen molar-refractivity contribution in [3.05, 3.63) is 70.4 Å². The number of carbonyl (C=O) groups excluding carboxylic acids is 1. The third-order valence-corrected chi connectivity index (χ3v) is 3.92. The van der Waals surface area contributed by atoms with Crippen molar-refractivity contribution in [1.82, 2.24) is 9.97 Å². The summed E-state index contributed by atoms with van der Waals surface area (Å²) in [4.78, 5) is 21.0. The van der Waals surface area contributed by atoms with Gasteiger partial charge in [-0.1, -0.05) is 17.7 Å². The zero-order chi connectivity index (χ0) is 17.8. The Bertz CT molecular complexity index is 894. The molecule has 2 heterocycles. The molecule has 1 aromatic carbocycles. The summed E-state index contributed by atoms with van der Waals surface area (Å²) in [5.74, 6) is 0.792. The first kappa shape index (κ1) is 17.0. The van der Waals surface area contributed by atoms with E-state index in [-0.39, 0.29) is 11.6 Å². The van der Waals surface area contributed by atoms with Gasteiger partial charge < -0.3 is 15.1 Å². The van der Waals surface area contributed by atoms with Gasteiger partial charge in [0, 0.05) is 16.4 Å². The van der Waals surface area contributed by atoms with Gasteiger partial charge in [-0.3, -0.25) is 4.79 Å². The van der Waals surface area contributed by atoms with Gasteiger partial charge in [-0.2, -0.15) is 0 Å². The van der Waals surface area contributed by atoms with Gasteiger partial charge >= 0.3 is 0 Å². The Kier molecular flexibility index (Phi) is 5.00. The van der Waals surface area contributed by atoms with Crippen molar-refractivity contribution >= 4 is 29.1 Å². The predicted octanol–water partition coefficient (Wildman–Crippen LogP) is 4.20. The Balaban J connectivity index is 1.74. The normalized spacial score (nSPS) is 10.5. The molecule has 0 aliphatic heterocycles. The van der Waals surface area contributed by atoms with E-state index in [4.69, 9.17) is 16.0 Å². The number of furan rings is 1. The van der Waals surface area contributed by atoms with Gasteiger partial charge in [0.15, 0.2) is 0 Å². The Morgan fingerprint density at radius 2 is 2.04 bits per heavy atom. The number of aromatic nitrogens is 2. The summed E-state index contributed by atoms with van der Waals surface area (Å²) >= 11 is 6.09. The summed E-state index contributed by atoms with van der Waals surface area (Å²) in [5.41, 5.74) is 2.51. The number of carbonyl (C=O) groups is 1. The first-order valence-corrected chi connectivity index (χ1v) is 8.08. The fourth-order valence-electron chi connectivity index (χ4n) is 2.21. The Morgan fingerprint density at radius 1 is 1.20 bits per heavy atom. The highest BCUT2D eigenvalue weighted by molar-refractivity contribution is 6.31. The first-order valence-electron chi connectivity index (χ1n) is 7.71. The van der Waals surface area contributed by atoms with E-state index in [1.807, 2.05) is 19.1 Å². The highest BCUT2D eigenvalue weighted by atomic mass is 35.5. The molecule has 0 atom stereocenters. The highest BCUT2D eigenvalue weighted by Gasteiger charge is 2.12. The summed E-state index contributed by atoms with van der Waals surface area (Å²) in [7, 11) is 0. The van der Waals surface area contributed by atoms with Crippen molar-refractivity contribution in [2.75, 3.05) is 10.6 Å². The minimum Gasteiger partial charge on any atom is -0.467 e. The summed E-state index contributed by atoms with van der Waals surface area (Å²) in [5, 5.41) is 6.43. The Morgan fingerprint density at radius 3 is 2.76 bits per heavy atom. The SMILES string of the molecule is Cc1cc(C(=O)Nc2ccc(C)c(Cl)c2)nc(NCc2ccco2)n1. The van der Waals surface area contributed by atoms with Crippen LogP contribution in [0.15, 0.2) is 47.1 Å². The number of rotatable bonds is 5. The number of aryl methyl sites for hydroxylation is 2. The number of benzene rings is 1. The molecule has 0 unspecified atom stereocenters. The number of hydrogen-bond acceptors (Lipinski definition) is 5. The Hall–Kier alpha value is -2.86. The standard InChI is InChI=1S/C18H17ClN4O2/c1-11-5-6-13(9-15(11)19)22-17(24)16-8-12(2)21-18(23-16)20-10-14-4-3-7-25-14/h3-9H,10H2,1-2H3,(H,22,24)(H,20,21,23). The highest BCUT2D eigenvalue weighted by Crippen LogP contribution is 2.20. The quantitative estimate of drug-likeness (QED) is 0.716. The van der Waals surface area contributed by atoms with E-state index in [2.05, 4.69) is 20.6 Å². The van der Waals surface area contributed by atoms with E-state index < -0.39 is 0 Å². The molecule has 0 saturated heterocycles. The summed E-state index contributed by atoms with van der Waals surface area (Å²) in [6, 6.07) is 10.6. The zero-order valence-corrected chi connectivity index (χ0v) is 14.6. The molecule has 2 N–H and O–H groups in total. The molecule has 0 saturated carbocycles. The van der Waals surface area contributed by atoms with Gasteiger partial charge in [0.1, 0.15) is 11.5 Å². The van der Waals surface area contributed by atoms with E-state index in [0.29, 0.717) is 28.9 Å². The second kappa shape index (κ2) is 7.36. The summed E-state index contributed by atoms with van der Waals surface area (Å²) < 4.78 is 5.25. The number of anilines is 2. The average Bonchev–Trinajstić information content (AvgIpc) is 3.09. The van der Waals surface area contributed by atoms with Crippen molar-refractivity contribution in [1.29, 1.82) is 0 Å². The smallest absolute Gasteiger partial charge is 0.274 e. The second-order valence-corrected chi connectivity index (χ2v) is 5.98. The van der Waals surface area contributed by atoms with E-state index in [1.165, 1.54) is 0 Å². The van der Waals surface area contributed by atoms with Gasteiger partial charge in [0.25, 0.3) is 5.91 Å². The Labute approximate surface area is 150 Å². The number of nitrogens with one attached hydrogen (secondary N) is 2. The van der Waals surface area contributed by atoms with E-state index in [0.717, 1.165) is 11.3 Å². The number of hydrogen-bond donors (Lipinski definition) is 2. The monoisotopic (exact) mass is 356 g/mol. The largest absolute Gasteiger partial charge is 0.467 e. The first-order chi connectivity index (χ1) is 12.0. The van der Waals surface area contributed by atoms with Gasteiger partial charge in [0.2, 0.25) is 5.95 Å². The summed E-state index contributed by atoms with van der Waals surface area (Å²) in [6.45, 7) is 4.14. The number of halogens is 1. The lowest BCUT2D eigenvalue weighted by Crippen LogP contribution is -2.16. The minimum atomic E-state index is -0.327. The lowest BCUT2D eigenvalue weighted by atomic mass is 10.2. The molecular weight excluding hydrogens is 340 g/mol. The van der Waals surface area contributed by atoms with Crippen LogP contribution in [0.2, 0.25) is 5.02 Å². The van der Waals surface area contributed by atoms with Crippen LogP contribution >= 0.6 is 11.6 Å². The van der Waals surface area contributed by atoms with Crippen LogP contribution < -0.4 is 10.6 Å². The van der Waals surface area contributed by atoms with Crippen molar-refractivity contribution in [2.45, 2.75) is 20.4 Å². The molecule has 128 valence electrons. The molecule has 7 heteroatoms. The molecule has 0 aliphatic rings. The van der Waals surface area contributed by atoms with Crippen LogP contribution in [0.4, 0.5) is 11.6 Å². The lowest BCUT2D eigenvalue weighted by molar-refractivity contribution is 0.102. The van der Waals surface area contributed by atoms with Crippen LogP contribution in [0.5, 0.6) is 0 Å². The molecule has 3 rings (SSSR count). The van der Waals surface area contributed by atoms with Crippen LogP contribution in [0.1, 0.15) is 27.5 Å². The van der Waals surface area contributed by atoms with Crippen LogP contribution in [0.25, 0.3) is 0 Å². The molecule has 0 radical (unpaired) electrons. The average molecular weight is 357 g/mol. The molecule has 0 fully saturated rings. The predicted molar refractivity (Wildman–Crippen MR) is 96.9 cm³/mol. The molecule has 25 heavy (non-hydrogen) atoms. The third-order valence-electron chi connectivity index (χ3n) is 3.52. The maximum Gasteiger partial charge on any atom is 0.274 e. The zero-order valence-electron chi connectivity index (χ0n) is 13.8. The third kappa shape index (κ3) is 4.36. The van der Waals surface area contributed by atoms with Crippen molar-refractivity contribution in [3.63, 3.8) is 0 Å². The van der Waals surface area contributed by atoms with Gasteiger partial charge in [-0.25, -0.2) is 9.97 Å². The molecule has 3 aromatic rings. The minimum absolute atomic E-state index is 0.270. The fourth-order valence-corrected chi connectivity index (χ4v) is 2.39. The number of nitrogens with zero attached hydrogens (tertiary/aromatic N) is 2. The second-order valence-electron chi connectivity index (χ2n) is 5.57. The maximum atomic E-state index is 12.5. The van der Waals surface area contributed by atoms with Gasteiger partial charge in [-0.15, -0.1) is 0 Å². The lowest BCUT2D eigenvalue weighted by Gasteiger charge is -2.09. The number of amides is 1. The molecule has 1 amide bonds. The van der Waals surface area contributed by atoms with Crippen LogP contribution in [0.3, 0.4) is 0 Å². The van der Waals surface area contributed by atoms with Crippen molar-refractivity contribution < 1.29 is 9.21 Å². The molecular formula is C18H17ClN4O2. The maximum absolute atomic E-state index is 12.5. The van der Waals surface area contributed by atoms with Gasteiger partial charge in [-0.05, 0) is 49.7 Å². The van der Waals surface area contributed by atoms with Crippen molar-refractivity contribution in [2.24, 2.45) is 0 Å².